The predicted octanol–water partition coefficient (Wildman–Crippen LogP) is 2.79. The second-order valence-electron chi connectivity index (χ2n) is 3.68. The molecule has 0 aliphatic carbocycles. The minimum Gasteiger partial charge on any atom is -0.508 e. The van der Waals surface area contributed by atoms with Gasteiger partial charge in [-0.15, -0.1) is 0 Å². The van der Waals surface area contributed by atoms with Gasteiger partial charge in [0.05, 0.1) is 6.07 Å². The summed E-state index contributed by atoms with van der Waals surface area (Å²) < 4.78 is 4.87. The van der Waals surface area contributed by atoms with Crippen molar-refractivity contribution in [2.75, 3.05) is 0 Å². The Bertz CT molecular complexity index is 657. The lowest BCUT2D eigenvalue weighted by atomic mass is 10.1. The van der Waals surface area contributed by atoms with Gasteiger partial charge in [0.15, 0.2) is 5.78 Å². The molecule has 6 nitrogen and oxygen atoms in total. The number of phenols is 1. The molecule has 0 spiro atoms. The topological polar surface area (TPSA) is 93.6 Å². The molecule has 0 radical (unpaired) electrons. The molecule has 2 aromatic rings. The molecular formula is C13H9NO5. The Hall–Kier alpha value is -2.89. The van der Waals surface area contributed by atoms with Gasteiger partial charge < -0.3 is 9.52 Å². The van der Waals surface area contributed by atoms with E-state index in [-0.39, 0.29) is 23.2 Å². The average Bonchev–Trinajstić information content (AvgIpc) is 2.85. The second-order valence-corrected chi connectivity index (χ2v) is 3.68. The summed E-state index contributed by atoms with van der Waals surface area (Å²) in [6, 6.07) is 8.49. The van der Waals surface area contributed by atoms with Gasteiger partial charge in [0.1, 0.15) is 16.4 Å². The van der Waals surface area contributed by atoms with Crippen LogP contribution >= 0.6 is 0 Å². The van der Waals surface area contributed by atoms with Crippen molar-refractivity contribution in [3.8, 4) is 5.75 Å². The number of benzene rings is 1. The molecule has 1 aromatic carbocycles. The van der Waals surface area contributed by atoms with Crippen LogP contribution in [0.25, 0.3) is 6.08 Å². The van der Waals surface area contributed by atoms with Crippen LogP contribution in [0.3, 0.4) is 0 Å². The zero-order valence-corrected chi connectivity index (χ0v) is 9.65. The van der Waals surface area contributed by atoms with Crippen molar-refractivity contribution in [1.82, 2.24) is 0 Å². The van der Waals surface area contributed by atoms with Gasteiger partial charge in [-0.25, -0.2) is 0 Å². The Labute approximate surface area is 107 Å². The monoisotopic (exact) mass is 259 g/mol. The van der Waals surface area contributed by atoms with Crippen molar-refractivity contribution < 1.29 is 19.2 Å². The number of allylic oxidation sites excluding steroid dienone is 1. The fourth-order valence-electron chi connectivity index (χ4n) is 1.44. The van der Waals surface area contributed by atoms with Gasteiger partial charge in [0.25, 0.3) is 0 Å². The zero-order chi connectivity index (χ0) is 13.8. The molecule has 2 rings (SSSR count). The number of hydrogen-bond acceptors (Lipinski definition) is 5. The van der Waals surface area contributed by atoms with Crippen LogP contribution in [-0.2, 0) is 0 Å². The number of carbonyl (C=O) groups is 1. The van der Waals surface area contributed by atoms with Crippen LogP contribution in [-0.4, -0.2) is 15.8 Å². The maximum Gasteiger partial charge on any atom is 0.433 e. The predicted molar refractivity (Wildman–Crippen MR) is 66.8 cm³/mol. The summed E-state index contributed by atoms with van der Waals surface area (Å²) in [6.07, 6.45) is 2.55. The molecule has 0 fully saturated rings. The average molecular weight is 259 g/mol. The summed E-state index contributed by atoms with van der Waals surface area (Å²) >= 11 is 0. The first kappa shape index (κ1) is 12.6. The maximum absolute atomic E-state index is 11.7. The lowest BCUT2D eigenvalue weighted by molar-refractivity contribution is -0.402. The highest BCUT2D eigenvalue weighted by molar-refractivity contribution is 6.06. The minimum atomic E-state index is -0.658. The van der Waals surface area contributed by atoms with Gasteiger partial charge in [-0.2, -0.15) is 0 Å². The smallest absolute Gasteiger partial charge is 0.433 e. The van der Waals surface area contributed by atoms with E-state index in [1.807, 2.05) is 0 Å². The third kappa shape index (κ3) is 3.06. The van der Waals surface area contributed by atoms with Crippen LogP contribution in [0, 0.1) is 10.1 Å². The quantitative estimate of drug-likeness (QED) is 0.394. The van der Waals surface area contributed by atoms with E-state index in [0.29, 0.717) is 5.56 Å². The van der Waals surface area contributed by atoms with Crippen molar-refractivity contribution in [2.24, 2.45) is 0 Å². The molecule has 0 aliphatic heterocycles. The third-order valence-electron chi connectivity index (χ3n) is 2.32. The highest BCUT2D eigenvalue weighted by Crippen LogP contribution is 2.17. The number of rotatable bonds is 4. The number of furan rings is 1. The van der Waals surface area contributed by atoms with Crippen LogP contribution in [0.4, 0.5) is 5.88 Å². The van der Waals surface area contributed by atoms with Crippen molar-refractivity contribution in [2.45, 2.75) is 0 Å². The molecule has 0 unspecified atom stereocenters. The van der Waals surface area contributed by atoms with E-state index < -0.39 is 4.92 Å². The number of carbonyl (C=O) groups excluding carboxylic acids is 1. The van der Waals surface area contributed by atoms with Crippen LogP contribution in [0.15, 0.2) is 46.9 Å². The number of hydrogen-bond donors (Lipinski definition) is 1. The summed E-state index contributed by atoms with van der Waals surface area (Å²) in [7, 11) is 0. The molecule has 1 N–H and O–H groups in total. The first-order chi connectivity index (χ1) is 9.06. The summed E-state index contributed by atoms with van der Waals surface area (Å²) in [4.78, 5) is 21.5. The Morgan fingerprint density at radius 3 is 2.74 bits per heavy atom. The molecule has 1 aromatic heterocycles. The summed E-state index contributed by atoms with van der Waals surface area (Å²) in [5.74, 6) is -0.521. The normalized spacial score (nSPS) is 10.7. The summed E-state index contributed by atoms with van der Waals surface area (Å²) in [6.45, 7) is 0. The maximum atomic E-state index is 11.7. The van der Waals surface area contributed by atoms with E-state index in [4.69, 9.17) is 4.42 Å². The number of phenolic OH excluding ortho intramolecular Hbond substituents is 1. The van der Waals surface area contributed by atoms with Gasteiger partial charge in [-0.3, -0.25) is 14.9 Å². The molecule has 19 heavy (non-hydrogen) atoms. The van der Waals surface area contributed by atoms with Crippen molar-refractivity contribution in [1.29, 1.82) is 0 Å². The van der Waals surface area contributed by atoms with Gasteiger partial charge in [0.2, 0.25) is 0 Å². The molecule has 0 saturated carbocycles. The van der Waals surface area contributed by atoms with Gasteiger partial charge >= 0.3 is 5.88 Å². The number of nitrogens with zero attached hydrogens (tertiary/aromatic N) is 1. The van der Waals surface area contributed by atoms with E-state index >= 15 is 0 Å². The Balaban J connectivity index is 2.13. The highest BCUT2D eigenvalue weighted by Gasteiger charge is 2.10. The molecular weight excluding hydrogens is 250 g/mol. The number of nitro groups is 1. The van der Waals surface area contributed by atoms with Crippen LogP contribution < -0.4 is 0 Å². The number of ketones is 1. The fraction of sp³-hybridized carbons (Fsp3) is 0. The van der Waals surface area contributed by atoms with Gasteiger partial charge in [0, 0.05) is 5.56 Å². The molecule has 0 saturated heterocycles. The van der Waals surface area contributed by atoms with E-state index in [9.17, 15) is 20.0 Å². The first-order valence-electron chi connectivity index (χ1n) is 5.32. The zero-order valence-electron chi connectivity index (χ0n) is 9.65. The standard InChI is InChI=1S/C13H9NO5/c15-10-3-1-2-9(8-10)12(16)6-4-11-5-7-13(19-11)14(17)18/h1-8,15H/b6-4+. The molecule has 0 atom stereocenters. The molecule has 0 amide bonds. The first-order valence-corrected chi connectivity index (χ1v) is 5.32. The van der Waals surface area contributed by atoms with E-state index in [1.165, 1.54) is 36.4 Å². The molecule has 96 valence electrons. The van der Waals surface area contributed by atoms with Crippen LogP contribution in [0.1, 0.15) is 16.1 Å². The minimum absolute atomic E-state index is 0.00659. The SMILES string of the molecule is O=C(/C=C/c1ccc([N+](=O)[O-])o1)c1cccc(O)c1. The second kappa shape index (κ2) is 5.18. The lowest BCUT2D eigenvalue weighted by Crippen LogP contribution is -1.92. The van der Waals surface area contributed by atoms with Crippen molar-refractivity contribution >= 4 is 17.7 Å². The van der Waals surface area contributed by atoms with E-state index in [2.05, 4.69) is 0 Å². The summed E-state index contributed by atoms with van der Waals surface area (Å²) in [5, 5.41) is 19.6. The van der Waals surface area contributed by atoms with Gasteiger partial charge in [-0.05, 0) is 30.4 Å². The largest absolute Gasteiger partial charge is 0.508 e. The van der Waals surface area contributed by atoms with Gasteiger partial charge in [-0.1, -0.05) is 12.1 Å². The lowest BCUT2D eigenvalue weighted by Gasteiger charge is -1.95. The Morgan fingerprint density at radius 2 is 2.11 bits per heavy atom. The summed E-state index contributed by atoms with van der Waals surface area (Å²) in [5.41, 5.74) is 0.317. The van der Waals surface area contributed by atoms with Crippen molar-refractivity contribution in [3.63, 3.8) is 0 Å². The fourth-order valence-corrected chi connectivity index (χ4v) is 1.44. The molecule has 1 heterocycles. The Morgan fingerprint density at radius 1 is 1.32 bits per heavy atom. The highest BCUT2D eigenvalue weighted by atomic mass is 16.6. The van der Waals surface area contributed by atoms with Crippen LogP contribution in [0.2, 0.25) is 0 Å². The molecule has 0 bridgehead atoms. The Kier molecular flexibility index (Phi) is 3.42. The molecule has 6 heteroatoms. The van der Waals surface area contributed by atoms with Crippen molar-refractivity contribution in [3.05, 3.63) is 63.9 Å². The van der Waals surface area contributed by atoms with E-state index in [1.54, 1.807) is 12.1 Å². The van der Waals surface area contributed by atoms with E-state index in [0.717, 1.165) is 0 Å². The third-order valence-corrected chi connectivity index (χ3v) is 2.32. The molecule has 0 aliphatic rings. The number of aromatic hydroxyl groups is 1. The van der Waals surface area contributed by atoms with Crippen LogP contribution in [0.5, 0.6) is 5.75 Å².